The fourth-order valence-corrected chi connectivity index (χ4v) is 1.91. The van der Waals surface area contributed by atoms with Gasteiger partial charge in [-0.3, -0.25) is 4.79 Å². The number of hydrogen-bond donors (Lipinski definition) is 2. The van der Waals surface area contributed by atoms with Crippen molar-refractivity contribution < 1.29 is 9.53 Å². The van der Waals surface area contributed by atoms with Gasteiger partial charge in [-0.25, -0.2) is 0 Å². The van der Waals surface area contributed by atoms with Gasteiger partial charge >= 0.3 is 0 Å². The lowest BCUT2D eigenvalue weighted by atomic mass is 9.95. The summed E-state index contributed by atoms with van der Waals surface area (Å²) in [5.41, 5.74) is 6.73. The maximum Gasteiger partial charge on any atom is 0.237 e. The first-order chi connectivity index (χ1) is 7.70. The van der Waals surface area contributed by atoms with Crippen molar-refractivity contribution in [2.24, 2.45) is 5.73 Å². The molecule has 1 aliphatic rings. The lowest BCUT2D eigenvalue weighted by Gasteiger charge is -2.27. The highest BCUT2D eigenvalue weighted by molar-refractivity contribution is 5.82. The summed E-state index contributed by atoms with van der Waals surface area (Å²) in [4.78, 5) is 11.4. The molecule has 1 aromatic rings. The molecule has 0 radical (unpaired) electrons. The Bertz CT molecular complexity index is 375. The zero-order valence-corrected chi connectivity index (χ0v) is 9.27. The molecule has 16 heavy (non-hydrogen) atoms. The molecule has 2 atom stereocenters. The van der Waals surface area contributed by atoms with E-state index in [9.17, 15) is 4.79 Å². The zero-order chi connectivity index (χ0) is 11.5. The third-order valence-electron chi connectivity index (χ3n) is 2.94. The van der Waals surface area contributed by atoms with E-state index in [2.05, 4.69) is 5.32 Å². The Hall–Kier alpha value is -1.55. The van der Waals surface area contributed by atoms with Crippen LogP contribution in [0.15, 0.2) is 24.3 Å². The van der Waals surface area contributed by atoms with Crippen LogP contribution in [0.3, 0.4) is 0 Å². The number of nitrogens with one attached hydrogen (secondary N) is 1. The van der Waals surface area contributed by atoms with Crippen LogP contribution in [0.1, 0.15) is 24.4 Å². The van der Waals surface area contributed by atoms with Gasteiger partial charge in [0.05, 0.1) is 19.2 Å². The van der Waals surface area contributed by atoms with Crippen LogP contribution in [0, 0.1) is 0 Å². The van der Waals surface area contributed by atoms with Gasteiger partial charge < -0.3 is 15.8 Å². The van der Waals surface area contributed by atoms with Crippen LogP contribution in [0.25, 0.3) is 0 Å². The molecule has 1 aliphatic heterocycles. The largest absolute Gasteiger partial charge is 0.497 e. The topological polar surface area (TPSA) is 64.3 Å². The van der Waals surface area contributed by atoms with Crippen molar-refractivity contribution in [2.75, 3.05) is 7.11 Å². The SMILES string of the molecule is COc1ccc(C2CCC(N)C(=O)N2)cc1. The van der Waals surface area contributed by atoms with Crippen molar-refractivity contribution in [1.82, 2.24) is 5.32 Å². The number of methoxy groups -OCH3 is 1. The summed E-state index contributed by atoms with van der Waals surface area (Å²) < 4.78 is 5.09. The van der Waals surface area contributed by atoms with Gasteiger partial charge in [-0.2, -0.15) is 0 Å². The number of carbonyl (C=O) groups excluding carboxylic acids is 1. The lowest BCUT2D eigenvalue weighted by Crippen LogP contribution is -2.46. The van der Waals surface area contributed by atoms with Gasteiger partial charge in [-0.1, -0.05) is 12.1 Å². The van der Waals surface area contributed by atoms with Crippen molar-refractivity contribution in [3.8, 4) is 5.75 Å². The smallest absolute Gasteiger partial charge is 0.237 e. The number of rotatable bonds is 2. The predicted molar refractivity (Wildman–Crippen MR) is 61.1 cm³/mol. The van der Waals surface area contributed by atoms with Crippen LogP contribution < -0.4 is 15.8 Å². The third-order valence-corrected chi connectivity index (χ3v) is 2.94. The highest BCUT2D eigenvalue weighted by Crippen LogP contribution is 2.24. The van der Waals surface area contributed by atoms with E-state index in [0.717, 1.165) is 24.2 Å². The van der Waals surface area contributed by atoms with E-state index in [4.69, 9.17) is 10.5 Å². The summed E-state index contributed by atoms with van der Waals surface area (Å²) in [5, 5.41) is 2.92. The number of hydrogen-bond acceptors (Lipinski definition) is 3. The second-order valence-corrected chi connectivity index (χ2v) is 4.02. The van der Waals surface area contributed by atoms with Crippen LogP contribution in [-0.4, -0.2) is 19.1 Å². The monoisotopic (exact) mass is 220 g/mol. The van der Waals surface area contributed by atoms with Gasteiger partial charge in [-0.05, 0) is 30.5 Å². The molecule has 86 valence electrons. The van der Waals surface area contributed by atoms with Crippen molar-refractivity contribution >= 4 is 5.91 Å². The van der Waals surface area contributed by atoms with Gasteiger partial charge in [-0.15, -0.1) is 0 Å². The summed E-state index contributed by atoms with van der Waals surface area (Å²) in [7, 11) is 1.64. The Balaban J connectivity index is 2.09. The molecule has 4 nitrogen and oxygen atoms in total. The Labute approximate surface area is 94.8 Å². The van der Waals surface area contributed by atoms with E-state index in [1.165, 1.54) is 0 Å². The average Bonchev–Trinajstić information content (AvgIpc) is 2.33. The molecule has 1 fully saturated rings. The summed E-state index contributed by atoms with van der Waals surface area (Å²) in [6.45, 7) is 0. The molecule has 0 aliphatic carbocycles. The number of nitrogens with two attached hydrogens (primary N) is 1. The molecule has 0 spiro atoms. The van der Waals surface area contributed by atoms with Crippen molar-refractivity contribution in [3.05, 3.63) is 29.8 Å². The molecular weight excluding hydrogens is 204 g/mol. The van der Waals surface area contributed by atoms with Gasteiger partial charge in [0.1, 0.15) is 5.75 Å². The van der Waals surface area contributed by atoms with Gasteiger partial charge in [0.2, 0.25) is 5.91 Å². The van der Waals surface area contributed by atoms with E-state index in [0.29, 0.717) is 0 Å². The van der Waals surface area contributed by atoms with E-state index >= 15 is 0 Å². The first-order valence-electron chi connectivity index (χ1n) is 5.40. The molecule has 2 unspecified atom stereocenters. The number of piperidine rings is 1. The van der Waals surface area contributed by atoms with Crippen LogP contribution in [0.5, 0.6) is 5.75 Å². The van der Waals surface area contributed by atoms with Crippen LogP contribution in [0.4, 0.5) is 0 Å². The highest BCUT2D eigenvalue weighted by Gasteiger charge is 2.25. The Morgan fingerprint density at radius 1 is 1.31 bits per heavy atom. The first-order valence-corrected chi connectivity index (χ1v) is 5.40. The minimum atomic E-state index is -0.352. The Morgan fingerprint density at radius 2 is 2.00 bits per heavy atom. The molecule has 2 rings (SSSR count). The zero-order valence-electron chi connectivity index (χ0n) is 9.27. The van der Waals surface area contributed by atoms with Crippen LogP contribution in [-0.2, 0) is 4.79 Å². The molecule has 1 aromatic carbocycles. The molecule has 1 amide bonds. The number of carbonyl (C=O) groups is 1. The molecular formula is C12H16N2O2. The summed E-state index contributed by atoms with van der Waals surface area (Å²) in [6, 6.07) is 7.47. The number of ether oxygens (including phenoxy) is 1. The predicted octanol–water partition coefficient (Wildman–Crippen LogP) is 0.974. The molecule has 0 aromatic heterocycles. The number of benzene rings is 1. The molecule has 0 bridgehead atoms. The average molecular weight is 220 g/mol. The standard InChI is InChI=1S/C12H16N2O2/c1-16-9-4-2-8(3-5-9)11-7-6-10(13)12(15)14-11/h2-5,10-11H,6-7,13H2,1H3,(H,14,15). The van der Waals surface area contributed by atoms with Gasteiger partial charge in [0.25, 0.3) is 0 Å². The summed E-state index contributed by atoms with van der Waals surface area (Å²) >= 11 is 0. The van der Waals surface area contributed by atoms with Gasteiger partial charge in [0.15, 0.2) is 0 Å². The maximum atomic E-state index is 11.4. The normalized spacial score (nSPS) is 25.0. The second kappa shape index (κ2) is 4.53. The lowest BCUT2D eigenvalue weighted by molar-refractivity contribution is -0.124. The minimum Gasteiger partial charge on any atom is -0.497 e. The van der Waals surface area contributed by atoms with E-state index in [1.807, 2.05) is 24.3 Å². The van der Waals surface area contributed by atoms with Gasteiger partial charge in [0, 0.05) is 0 Å². The van der Waals surface area contributed by atoms with Crippen molar-refractivity contribution in [3.63, 3.8) is 0 Å². The first kappa shape index (κ1) is 11.0. The Morgan fingerprint density at radius 3 is 2.56 bits per heavy atom. The summed E-state index contributed by atoms with van der Waals surface area (Å²) in [5.74, 6) is 0.759. The third kappa shape index (κ3) is 2.17. The van der Waals surface area contributed by atoms with Crippen molar-refractivity contribution in [1.29, 1.82) is 0 Å². The quantitative estimate of drug-likeness (QED) is 0.780. The van der Waals surface area contributed by atoms with Crippen molar-refractivity contribution in [2.45, 2.75) is 24.9 Å². The van der Waals surface area contributed by atoms with Crippen LogP contribution >= 0.6 is 0 Å². The fraction of sp³-hybridized carbons (Fsp3) is 0.417. The summed E-state index contributed by atoms with van der Waals surface area (Å²) in [6.07, 6.45) is 1.63. The van der Waals surface area contributed by atoms with E-state index in [-0.39, 0.29) is 18.0 Å². The van der Waals surface area contributed by atoms with E-state index < -0.39 is 0 Å². The maximum absolute atomic E-state index is 11.4. The second-order valence-electron chi connectivity index (χ2n) is 4.02. The minimum absolute atomic E-state index is 0.0629. The molecule has 1 saturated heterocycles. The molecule has 3 N–H and O–H groups in total. The number of amides is 1. The molecule has 1 heterocycles. The van der Waals surface area contributed by atoms with Crippen LogP contribution in [0.2, 0.25) is 0 Å². The molecule has 4 heteroatoms. The molecule has 0 saturated carbocycles. The Kier molecular flexibility index (Phi) is 3.10. The highest BCUT2D eigenvalue weighted by atomic mass is 16.5. The van der Waals surface area contributed by atoms with E-state index in [1.54, 1.807) is 7.11 Å². The fourth-order valence-electron chi connectivity index (χ4n) is 1.91.